The minimum atomic E-state index is -0.547. The summed E-state index contributed by atoms with van der Waals surface area (Å²) in [5, 5.41) is 0. The third-order valence-electron chi connectivity index (χ3n) is 4.43. The van der Waals surface area contributed by atoms with Crippen molar-refractivity contribution >= 4 is 16.9 Å². The first-order valence-electron chi connectivity index (χ1n) is 7.79. The lowest BCUT2D eigenvalue weighted by atomic mass is 9.79. The Morgan fingerprint density at radius 2 is 1.91 bits per heavy atom. The fraction of sp³-hybridized carbons (Fsp3) is 0.471. The fourth-order valence-electron chi connectivity index (χ4n) is 3.05. The number of carbonyl (C=O) groups excluding carboxylic acids is 1. The van der Waals surface area contributed by atoms with Crippen molar-refractivity contribution in [2.24, 2.45) is 17.1 Å². The van der Waals surface area contributed by atoms with Crippen molar-refractivity contribution in [2.45, 2.75) is 20.3 Å². The number of rotatable bonds is 4. The molecule has 0 bridgehead atoms. The highest BCUT2D eigenvalue weighted by Gasteiger charge is 2.35. The van der Waals surface area contributed by atoms with Crippen LogP contribution in [-0.4, -0.2) is 40.4 Å². The molecular formula is C17H21FN4O. The van der Waals surface area contributed by atoms with Gasteiger partial charge in [-0.1, -0.05) is 13.8 Å². The van der Waals surface area contributed by atoms with Crippen molar-refractivity contribution < 1.29 is 9.18 Å². The predicted octanol–water partition coefficient (Wildman–Crippen LogP) is 2.22. The molecule has 5 nitrogen and oxygen atoms in total. The Balaban J connectivity index is 1.72. The molecule has 1 fully saturated rings. The van der Waals surface area contributed by atoms with Gasteiger partial charge >= 0.3 is 0 Å². The topological polar surface area (TPSA) is 72.1 Å². The van der Waals surface area contributed by atoms with Gasteiger partial charge in [-0.25, -0.2) is 4.39 Å². The van der Waals surface area contributed by atoms with Gasteiger partial charge in [0, 0.05) is 31.5 Å². The summed E-state index contributed by atoms with van der Waals surface area (Å²) < 4.78 is 14.2. The Hall–Kier alpha value is -2.08. The van der Waals surface area contributed by atoms with E-state index < -0.39 is 5.82 Å². The van der Waals surface area contributed by atoms with E-state index in [2.05, 4.69) is 23.8 Å². The van der Waals surface area contributed by atoms with Gasteiger partial charge in [-0.15, -0.1) is 0 Å². The molecule has 2 N–H and O–H groups in total. The molecule has 0 unspecified atom stereocenters. The first-order chi connectivity index (χ1) is 10.9. The number of carbonyl (C=O) groups is 1. The Kier molecular flexibility index (Phi) is 4.02. The SMILES string of the molecule is CC(C)(CN)CC1CN(C(=O)c2cc3nccnc3cc2F)C1. The normalized spacial score (nSPS) is 15.7. The maximum absolute atomic E-state index is 14.2. The van der Waals surface area contributed by atoms with E-state index in [9.17, 15) is 9.18 Å². The number of aromatic nitrogens is 2. The standard InChI is InChI=1S/C17H21FN4O/c1-17(2,10-19)7-11-8-22(9-11)16(23)12-5-14-15(6-13(12)18)21-4-3-20-14/h3-6,11H,7-10,19H2,1-2H3. The second-order valence-corrected chi connectivity index (χ2v) is 7.03. The molecule has 3 rings (SSSR count). The molecule has 0 atom stereocenters. The minimum absolute atomic E-state index is 0.0644. The van der Waals surface area contributed by atoms with Crippen molar-refractivity contribution in [3.05, 3.63) is 35.9 Å². The van der Waals surface area contributed by atoms with Gasteiger partial charge in [-0.3, -0.25) is 14.8 Å². The first-order valence-corrected chi connectivity index (χ1v) is 7.79. The van der Waals surface area contributed by atoms with Crippen LogP contribution in [0.4, 0.5) is 4.39 Å². The largest absolute Gasteiger partial charge is 0.338 e. The van der Waals surface area contributed by atoms with Crippen molar-refractivity contribution in [3.63, 3.8) is 0 Å². The van der Waals surface area contributed by atoms with E-state index in [1.165, 1.54) is 24.5 Å². The zero-order valence-corrected chi connectivity index (χ0v) is 13.4. The molecule has 0 aliphatic carbocycles. The minimum Gasteiger partial charge on any atom is -0.338 e. The quantitative estimate of drug-likeness (QED) is 0.939. The molecule has 0 saturated carbocycles. The molecule has 0 radical (unpaired) electrons. The highest BCUT2D eigenvalue weighted by molar-refractivity contribution is 5.98. The van der Waals surface area contributed by atoms with Crippen LogP contribution in [0.3, 0.4) is 0 Å². The predicted molar refractivity (Wildman–Crippen MR) is 86.3 cm³/mol. The highest BCUT2D eigenvalue weighted by atomic mass is 19.1. The average Bonchev–Trinajstić information content (AvgIpc) is 2.49. The third-order valence-corrected chi connectivity index (χ3v) is 4.43. The summed E-state index contributed by atoms with van der Waals surface area (Å²) >= 11 is 0. The maximum atomic E-state index is 14.2. The van der Waals surface area contributed by atoms with E-state index in [-0.39, 0.29) is 16.9 Å². The summed E-state index contributed by atoms with van der Waals surface area (Å²) in [6.45, 7) is 6.17. The van der Waals surface area contributed by atoms with E-state index in [0.717, 1.165) is 6.42 Å². The monoisotopic (exact) mass is 316 g/mol. The summed E-state index contributed by atoms with van der Waals surface area (Å²) in [5.41, 5.74) is 6.86. The Morgan fingerprint density at radius 1 is 1.30 bits per heavy atom. The number of likely N-dealkylation sites (tertiary alicyclic amines) is 1. The number of amides is 1. The molecule has 122 valence electrons. The number of benzene rings is 1. The highest BCUT2D eigenvalue weighted by Crippen LogP contribution is 2.31. The molecule has 23 heavy (non-hydrogen) atoms. The molecule has 6 heteroatoms. The molecular weight excluding hydrogens is 295 g/mol. The Bertz CT molecular complexity index is 740. The molecule has 2 heterocycles. The molecule has 1 aromatic heterocycles. The van der Waals surface area contributed by atoms with Crippen LogP contribution in [-0.2, 0) is 0 Å². The van der Waals surface area contributed by atoms with E-state index in [0.29, 0.717) is 36.6 Å². The zero-order valence-electron chi connectivity index (χ0n) is 13.4. The van der Waals surface area contributed by atoms with Crippen LogP contribution in [0.2, 0.25) is 0 Å². The van der Waals surface area contributed by atoms with Gasteiger partial charge in [0.1, 0.15) is 5.82 Å². The van der Waals surface area contributed by atoms with Crippen molar-refractivity contribution in [1.82, 2.24) is 14.9 Å². The summed E-state index contributed by atoms with van der Waals surface area (Å²) in [4.78, 5) is 22.3. The average molecular weight is 316 g/mol. The van der Waals surface area contributed by atoms with Gasteiger partial charge in [-0.2, -0.15) is 0 Å². The van der Waals surface area contributed by atoms with E-state index >= 15 is 0 Å². The number of nitrogens with two attached hydrogens (primary N) is 1. The zero-order chi connectivity index (χ0) is 16.6. The van der Waals surface area contributed by atoms with Gasteiger partial charge in [0.15, 0.2) is 0 Å². The number of halogens is 1. The van der Waals surface area contributed by atoms with E-state index in [1.54, 1.807) is 4.90 Å². The lowest BCUT2D eigenvalue weighted by Gasteiger charge is -2.42. The molecule has 1 saturated heterocycles. The second-order valence-electron chi connectivity index (χ2n) is 7.03. The van der Waals surface area contributed by atoms with Gasteiger partial charge in [0.05, 0.1) is 16.6 Å². The molecule has 2 aromatic rings. The maximum Gasteiger partial charge on any atom is 0.256 e. The van der Waals surface area contributed by atoms with Crippen LogP contribution in [0, 0.1) is 17.2 Å². The lowest BCUT2D eigenvalue weighted by molar-refractivity contribution is 0.0402. The Labute approximate surface area is 134 Å². The van der Waals surface area contributed by atoms with Gasteiger partial charge in [-0.05, 0) is 30.4 Å². The van der Waals surface area contributed by atoms with Crippen LogP contribution in [0.1, 0.15) is 30.6 Å². The Morgan fingerprint density at radius 3 is 2.52 bits per heavy atom. The third kappa shape index (κ3) is 3.17. The van der Waals surface area contributed by atoms with Crippen LogP contribution < -0.4 is 5.73 Å². The number of fused-ring (bicyclic) bond motifs is 1. The van der Waals surface area contributed by atoms with Crippen LogP contribution in [0.5, 0.6) is 0 Å². The van der Waals surface area contributed by atoms with Crippen molar-refractivity contribution in [1.29, 1.82) is 0 Å². The lowest BCUT2D eigenvalue weighted by Crippen LogP contribution is -2.51. The van der Waals surface area contributed by atoms with E-state index in [1.807, 2.05) is 0 Å². The molecule has 1 amide bonds. The van der Waals surface area contributed by atoms with Gasteiger partial charge in [0.25, 0.3) is 5.91 Å². The van der Waals surface area contributed by atoms with Crippen LogP contribution in [0.15, 0.2) is 24.5 Å². The van der Waals surface area contributed by atoms with Crippen molar-refractivity contribution in [3.8, 4) is 0 Å². The van der Waals surface area contributed by atoms with E-state index in [4.69, 9.17) is 5.73 Å². The molecule has 1 aliphatic heterocycles. The summed E-state index contributed by atoms with van der Waals surface area (Å²) in [6.07, 6.45) is 4.00. The fourth-order valence-corrected chi connectivity index (χ4v) is 3.05. The first kappa shape index (κ1) is 15.8. The molecule has 0 spiro atoms. The number of nitrogens with zero attached hydrogens (tertiary/aromatic N) is 3. The van der Waals surface area contributed by atoms with Crippen LogP contribution >= 0.6 is 0 Å². The van der Waals surface area contributed by atoms with Gasteiger partial charge < -0.3 is 10.6 Å². The van der Waals surface area contributed by atoms with Crippen molar-refractivity contribution in [2.75, 3.05) is 19.6 Å². The number of hydrogen-bond acceptors (Lipinski definition) is 4. The van der Waals surface area contributed by atoms with Crippen LogP contribution in [0.25, 0.3) is 11.0 Å². The second kappa shape index (κ2) is 5.85. The smallest absolute Gasteiger partial charge is 0.256 e. The summed E-state index contributed by atoms with van der Waals surface area (Å²) in [5.74, 6) is -0.397. The van der Waals surface area contributed by atoms with Gasteiger partial charge in [0.2, 0.25) is 0 Å². The number of hydrogen-bond donors (Lipinski definition) is 1. The molecule has 1 aliphatic rings. The summed E-state index contributed by atoms with van der Waals surface area (Å²) in [7, 11) is 0. The molecule has 1 aromatic carbocycles. The summed E-state index contributed by atoms with van der Waals surface area (Å²) in [6, 6.07) is 2.75.